The third-order valence-electron chi connectivity index (χ3n) is 2.97. The van der Waals surface area contributed by atoms with Crippen molar-refractivity contribution < 1.29 is 4.74 Å². The molecule has 3 heteroatoms. The fourth-order valence-corrected chi connectivity index (χ4v) is 3.11. The van der Waals surface area contributed by atoms with Crippen molar-refractivity contribution in [3.8, 4) is 0 Å². The minimum absolute atomic E-state index is 0.301. The maximum absolute atomic E-state index is 5.69. The molecule has 0 aromatic rings. The van der Waals surface area contributed by atoms with Gasteiger partial charge in [0.25, 0.3) is 0 Å². The topological polar surface area (TPSA) is 35.2 Å². The van der Waals surface area contributed by atoms with Gasteiger partial charge in [-0.15, -0.1) is 0 Å². The molecule has 0 aromatic heterocycles. The van der Waals surface area contributed by atoms with E-state index in [1.54, 1.807) is 0 Å². The van der Waals surface area contributed by atoms with Crippen molar-refractivity contribution in [1.29, 1.82) is 0 Å². The smallest absolute Gasteiger partial charge is 0.0666 e. The van der Waals surface area contributed by atoms with Crippen LogP contribution < -0.4 is 5.73 Å². The predicted molar refractivity (Wildman–Crippen MR) is 63.7 cm³/mol. The normalized spacial score (nSPS) is 28.3. The average Bonchev–Trinajstić information content (AvgIpc) is 2.52. The Hall–Kier alpha value is 0.270. The summed E-state index contributed by atoms with van der Waals surface area (Å²) < 4.78 is 5.53. The van der Waals surface area contributed by atoms with Crippen LogP contribution >= 0.6 is 11.8 Å². The molecule has 0 spiro atoms. The highest BCUT2D eigenvalue weighted by atomic mass is 32.2. The quantitative estimate of drug-likeness (QED) is 0.767. The first-order valence-electron chi connectivity index (χ1n) is 5.48. The molecule has 0 aliphatic carbocycles. The first-order chi connectivity index (χ1) is 6.55. The number of rotatable bonds is 5. The zero-order chi connectivity index (χ0) is 10.6. The van der Waals surface area contributed by atoms with Gasteiger partial charge in [-0.25, -0.2) is 0 Å². The maximum Gasteiger partial charge on any atom is 0.0666 e. The highest BCUT2D eigenvalue weighted by Gasteiger charge is 2.25. The van der Waals surface area contributed by atoms with E-state index < -0.39 is 0 Å². The molecule has 1 rings (SSSR count). The van der Waals surface area contributed by atoms with Gasteiger partial charge >= 0.3 is 0 Å². The zero-order valence-electron chi connectivity index (χ0n) is 9.58. The summed E-state index contributed by atoms with van der Waals surface area (Å²) in [6, 6.07) is 0. The van der Waals surface area contributed by atoms with Crippen LogP contribution in [-0.2, 0) is 4.74 Å². The summed E-state index contributed by atoms with van der Waals surface area (Å²) in [7, 11) is 0. The number of ether oxygens (including phenoxy) is 1. The summed E-state index contributed by atoms with van der Waals surface area (Å²) in [5.41, 5.74) is 6.00. The van der Waals surface area contributed by atoms with Crippen LogP contribution in [0.15, 0.2) is 0 Å². The van der Waals surface area contributed by atoms with Crippen molar-refractivity contribution in [3.05, 3.63) is 0 Å². The van der Waals surface area contributed by atoms with Crippen LogP contribution in [-0.4, -0.2) is 30.3 Å². The summed E-state index contributed by atoms with van der Waals surface area (Å²) in [6.45, 7) is 8.38. The predicted octanol–water partition coefficient (Wildman–Crippen LogP) is 2.27. The van der Waals surface area contributed by atoms with E-state index in [1.165, 1.54) is 18.6 Å². The van der Waals surface area contributed by atoms with Crippen molar-refractivity contribution in [2.75, 3.05) is 18.9 Å². The second-order valence-electron chi connectivity index (χ2n) is 4.89. The summed E-state index contributed by atoms with van der Waals surface area (Å²) in [4.78, 5) is 0. The molecular weight excluding hydrogens is 194 g/mol. The molecule has 0 radical (unpaired) electrons. The molecule has 1 aliphatic heterocycles. The van der Waals surface area contributed by atoms with Gasteiger partial charge in [0.05, 0.1) is 6.10 Å². The van der Waals surface area contributed by atoms with Gasteiger partial charge in [0.15, 0.2) is 0 Å². The van der Waals surface area contributed by atoms with Crippen LogP contribution in [0.2, 0.25) is 0 Å². The highest BCUT2D eigenvalue weighted by molar-refractivity contribution is 7.99. The van der Waals surface area contributed by atoms with Gasteiger partial charge in [0.1, 0.15) is 0 Å². The molecular formula is C11H23NOS. The standard InChI is InChI=1S/C11H23NOS/c1-9-10(4-6-13-9)14-7-5-11(2,3)8-12/h9-10H,4-8,12H2,1-3H3. The lowest BCUT2D eigenvalue weighted by atomic mass is 9.91. The Morgan fingerprint density at radius 1 is 1.50 bits per heavy atom. The largest absolute Gasteiger partial charge is 0.377 e. The van der Waals surface area contributed by atoms with Crippen molar-refractivity contribution in [2.24, 2.45) is 11.1 Å². The molecule has 2 atom stereocenters. The second kappa shape index (κ2) is 5.38. The highest BCUT2D eigenvalue weighted by Crippen LogP contribution is 2.29. The van der Waals surface area contributed by atoms with Crippen molar-refractivity contribution in [3.63, 3.8) is 0 Å². The van der Waals surface area contributed by atoms with Crippen LogP contribution in [0.25, 0.3) is 0 Å². The zero-order valence-corrected chi connectivity index (χ0v) is 10.4. The molecule has 0 aromatic carbocycles. The van der Waals surface area contributed by atoms with E-state index in [9.17, 15) is 0 Å². The third-order valence-corrected chi connectivity index (χ3v) is 4.46. The van der Waals surface area contributed by atoms with E-state index in [0.29, 0.717) is 16.8 Å². The molecule has 14 heavy (non-hydrogen) atoms. The lowest BCUT2D eigenvalue weighted by Gasteiger charge is -2.23. The molecule has 2 unspecified atom stereocenters. The van der Waals surface area contributed by atoms with E-state index in [-0.39, 0.29) is 0 Å². The molecule has 84 valence electrons. The Labute approximate surface area is 92.0 Å². The number of hydrogen-bond acceptors (Lipinski definition) is 3. The van der Waals surface area contributed by atoms with Crippen LogP contribution in [0.1, 0.15) is 33.6 Å². The molecule has 0 amide bonds. The minimum Gasteiger partial charge on any atom is -0.377 e. The lowest BCUT2D eigenvalue weighted by Crippen LogP contribution is -2.24. The number of nitrogens with two attached hydrogens (primary N) is 1. The summed E-state index contributed by atoms with van der Waals surface area (Å²) in [6.07, 6.45) is 2.87. The fourth-order valence-electron chi connectivity index (χ4n) is 1.52. The van der Waals surface area contributed by atoms with Crippen molar-refractivity contribution in [1.82, 2.24) is 0 Å². The van der Waals surface area contributed by atoms with Gasteiger partial charge in [-0.05, 0) is 37.5 Å². The SMILES string of the molecule is CC1OCCC1SCCC(C)(C)CN. The minimum atomic E-state index is 0.301. The number of hydrogen-bond donors (Lipinski definition) is 1. The lowest BCUT2D eigenvalue weighted by molar-refractivity contribution is 0.127. The van der Waals surface area contributed by atoms with Gasteiger partial charge < -0.3 is 10.5 Å². The Kier molecular flexibility index (Phi) is 4.74. The molecule has 1 fully saturated rings. The average molecular weight is 217 g/mol. The molecule has 1 heterocycles. The Bertz CT molecular complexity index is 173. The van der Waals surface area contributed by atoms with Gasteiger partial charge in [-0.3, -0.25) is 0 Å². The molecule has 2 N–H and O–H groups in total. The van der Waals surface area contributed by atoms with E-state index in [0.717, 1.165) is 13.2 Å². The van der Waals surface area contributed by atoms with Gasteiger partial charge in [-0.1, -0.05) is 13.8 Å². The molecule has 0 bridgehead atoms. The van der Waals surface area contributed by atoms with E-state index in [2.05, 4.69) is 32.5 Å². The monoisotopic (exact) mass is 217 g/mol. The van der Waals surface area contributed by atoms with Gasteiger partial charge in [-0.2, -0.15) is 11.8 Å². The van der Waals surface area contributed by atoms with Gasteiger partial charge in [0.2, 0.25) is 0 Å². The van der Waals surface area contributed by atoms with E-state index in [4.69, 9.17) is 10.5 Å². The molecule has 1 aliphatic rings. The number of thioether (sulfide) groups is 1. The Morgan fingerprint density at radius 3 is 2.71 bits per heavy atom. The summed E-state index contributed by atoms with van der Waals surface area (Å²) >= 11 is 2.05. The summed E-state index contributed by atoms with van der Waals surface area (Å²) in [5, 5.41) is 0.712. The van der Waals surface area contributed by atoms with Crippen molar-refractivity contribution in [2.45, 2.75) is 45.0 Å². The van der Waals surface area contributed by atoms with Gasteiger partial charge in [0, 0.05) is 11.9 Å². The molecule has 2 nitrogen and oxygen atoms in total. The van der Waals surface area contributed by atoms with Crippen LogP contribution in [0.4, 0.5) is 0 Å². The van der Waals surface area contributed by atoms with Crippen LogP contribution in [0, 0.1) is 5.41 Å². The fraction of sp³-hybridized carbons (Fsp3) is 1.00. The summed E-state index contributed by atoms with van der Waals surface area (Å²) in [5.74, 6) is 1.21. The second-order valence-corrected chi connectivity index (χ2v) is 6.24. The molecule has 0 saturated carbocycles. The first-order valence-corrected chi connectivity index (χ1v) is 6.53. The van der Waals surface area contributed by atoms with E-state index in [1.807, 2.05) is 0 Å². The van der Waals surface area contributed by atoms with Crippen LogP contribution in [0.5, 0.6) is 0 Å². The van der Waals surface area contributed by atoms with Crippen LogP contribution in [0.3, 0.4) is 0 Å². The third kappa shape index (κ3) is 3.79. The van der Waals surface area contributed by atoms with Crippen molar-refractivity contribution >= 4 is 11.8 Å². The Balaban J connectivity index is 2.15. The van der Waals surface area contributed by atoms with E-state index >= 15 is 0 Å². The maximum atomic E-state index is 5.69. The Morgan fingerprint density at radius 2 is 2.21 bits per heavy atom. The first kappa shape index (κ1) is 12.3. The molecule has 1 saturated heterocycles.